The molecule has 148 valence electrons. The number of nitrogens with one attached hydrogen (secondary N) is 4. The van der Waals surface area contributed by atoms with Crippen LogP contribution in [0.2, 0.25) is 0 Å². The smallest absolute Gasteiger partial charge is 0.291 e. The van der Waals surface area contributed by atoms with Gasteiger partial charge in [-0.25, -0.2) is 0 Å². The molecule has 0 spiro atoms. The van der Waals surface area contributed by atoms with E-state index < -0.39 is 0 Å². The Kier molecular flexibility index (Phi) is 6.26. The summed E-state index contributed by atoms with van der Waals surface area (Å²) >= 11 is 0. The predicted octanol–water partition coefficient (Wildman–Crippen LogP) is 3.54. The summed E-state index contributed by atoms with van der Waals surface area (Å²) in [7, 11) is 0. The van der Waals surface area contributed by atoms with Crippen molar-refractivity contribution in [2.24, 2.45) is 0 Å². The lowest BCUT2D eigenvalue weighted by atomic mass is 10.2. The number of amides is 3. The molecule has 29 heavy (non-hydrogen) atoms. The zero-order valence-corrected chi connectivity index (χ0v) is 15.7. The minimum absolute atomic E-state index is 0.0342. The molecule has 4 N–H and O–H groups in total. The number of carbonyl (C=O) groups excluding carboxylic acids is 3. The van der Waals surface area contributed by atoms with Crippen LogP contribution in [0.4, 0.5) is 22.7 Å². The van der Waals surface area contributed by atoms with Gasteiger partial charge in [-0.05, 0) is 48.5 Å². The first-order valence-electron chi connectivity index (χ1n) is 8.86. The predicted molar refractivity (Wildman–Crippen MR) is 111 cm³/mol. The minimum Gasteiger partial charge on any atom is -0.459 e. The van der Waals surface area contributed by atoms with E-state index in [4.69, 9.17) is 4.42 Å². The van der Waals surface area contributed by atoms with Gasteiger partial charge in [0.25, 0.3) is 5.91 Å². The summed E-state index contributed by atoms with van der Waals surface area (Å²) in [6.45, 7) is 1.46. The molecular weight excluding hydrogens is 372 g/mol. The normalized spacial score (nSPS) is 10.1. The monoisotopic (exact) mass is 392 g/mol. The summed E-state index contributed by atoms with van der Waals surface area (Å²) in [5.41, 5.74) is 2.41. The first-order chi connectivity index (χ1) is 14.0. The van der Waals surface area contributed by atoms with Crippen LogP contribution in [0, 0.1) is 0 Å². The molecule has 1 heterocycles. The highest BCUT2D eigenvalue weighted by Crippen LogP contribution is 2.17. The van der Waals surface area contributed by atoms with Crippen molar-refractivity contribution in [2.45, 2.75) is 6.92 Å². The summed E-state index contributed by atoms with van der Waals surface area (Å²) in [4.78, 5) is 35.4. The lowest BCUT2D eigenvalue weighted by molar-refractivity contribution is -0.115. The van der Waals surface area contributed by atoms with E-state index in [9.17, 15) is 14.4 Å². The summed E-state index contributed by atoms with van der Waals surface area (Å²) < 4.78 is 5.05. The van der Waals surface area contributed by atoms with Crippen molar-refractivity contribution in [3.63, 3.8) is 0 Å². The van der Waals surface area contributed by atoms with E-state index in [1.165, 1.54) is 13.2 Å². The second-order valence-corrected chi connectivity index (χ2v) is 6.18. The molecule has 0 aliphatic carbocycles. The maximum atomic E-state index is 12.2. The third-order valence-corrected chi connectivity index (χ3v) is 3.79. The maximum absolute atomic E-state index is 12.2. The van der Waals surface area contributed by atoms with Crippen LogP contribution in [0.5, 0.6) is 0 Å². The Morgan fingerprint density at radius 3 is 2.07 bits per heavy atom. The van der Waals surface area contributed by atoms with Crippen LogP contribution in [-0.2, 0) is 9.59 Å². The number of rotatable bonds is 7. The van der Waals surface area contributed by atoms with Crippen molar-refractivity contribution in [1.29, 1.82) is 0 Å². The number of benzene rings is 2. The maximum Gasteiger partial charge on any atom is 0.291 e. The molecule has 0 unspecified atom stereocenters. The molecule has 0 aliphatic rings. The average Bonchev–Trinajstić information content (AvgIpc) is 3.21. The highest BCUT2D eigenvalue weighted by atomic mass is 16.3. The minimum atomic E-state index is -0.376. The van der Waals surface area contributed by atoms with E-state index in [0.717, 1.165) is 0 Å². The SMILES string of the molecule is CC(=O)Nc1cccc(NCC(=O)Nc2cccc(NC(=O)c3ccco3)c2)c1. The quantitative estimate of drug-likeness (QED) is 0.491. The van der Waals surface area contributed by atoms with Crippen molar-refractivity contribution in [1.82, 2.24) is 0 Å². The Morgan fingerprint density at radius 2 is 1.41 bits per heavy atom. The van der Waals surface area contributed by atoms with Crippen LogP contribution < -0.4 is 21.3 Å². The topological polar surface area (TPSA) is 112 Å². The third-order valence-electron chi connectivity index (χ3n) is 3.79. The molecule has 1 aromatic heterocycles. The van der Waals surface area contributed by atoms with Crippen LogP contribution in [0.15, 0.2) is 71.3 Å². The van der Waals surface area contributed by atoms with Gasteiger partial charge in [-0.3, -0.25) is 14.4 Å². The van der Waals surface area contributed by atoms with Crippen molar-refractivity contribution < 1.29 is 18.8 Å². The van der Waals surface area contributed by atoms with Gasteiger partial charge < -0.3 is 25.7 Å². The summed E-state index contributed by atoms with van der Waals surface area (Å²) in [5, 5.41) is 11.1. The molecule has 8 nitrogen and oxygen atoms in total. The lowest BCUT2D eigenvalue weighted by Gasteiger charge is -2.10. The van der Waals surface area contributed by atoms with Gasteiger partial charge in [0.15, 0.2) is 5.76 Å². The van der Waals surface area contributed by atoms with E-state index in [2.05, 4.69) is 21.3 Å². The fourth-order valence-electron chi connectivity index (χ4n) is 2.57. The number of anilines is 4. The first-order valence-corrected chi connectivity index (χ1v) is 8.86. The third kappa shape index (κ3) is 5.96. The average molecular weight is 392 g/mol. The fourth-order valence-corrected chi connectivity index (χ4v) is 2.57. The molecule has 2 aromatic carbocycles. The Labute approximate surface area is 167 Å². The van der Waals surface area contributed by atoms with Gasteiger partial charge >= 0.3 is 0 Å². The molecule has 0 saturated carbocycles. The lowest BCUT2D eigenvalue weighted by Crippen LogP contribution is -2.22. The second-order valence-electron chi connectivity index (χ2n) is 6.18. The zero-order valence-electron chi connectivity index (χ0n) is 15.7. The van der Waals surface area contributed by atoms with Crippen LogP contribution in [-0.4, -0.2) is 24.3 Å². The molecule has 3 rings (SSSR count). The van der Waals surface area contributed by atoms with Crippen LogP contribution in [0.3, 0.4) is 0 Å². The van der Waals surface area contributed by atoms with Crippen molar-refractivity contribution in [3.8, 4) is 0 Å². The van der Waals surface area contributed by atoms with E-state index in [0.29, 0.717) is 22.7 Å². The van der Waals surface area contributed by atoms with Crippen LogP contribution >= 0.6 is 0 Å². The summed E-state index contributed by atoms with van der Waals surface area (Å²) in [5.74, 6) is -0.604. The van der Waals surface area contributed by atoms with Gasteiger partial charge in [0.1, 0.15) is 0 Å². The Morgan fingerprint density at radius 1 is 0.793 bits per heavy atom. The Hall–Kier alpha value is -4.07. The fraction of sp³-hybridized carbons (Fsp3) is 0.0952. The molecule has 3 aromatic rings. The van der Waals surface area contributed by atoms with Crippen LogP contribution in [0.25, 0.3) is 0 Å². The van der Waals surface area contributed by atoms with Crippen molar-refractivity contribution in [3.05, 3.63) is 72.7 Å². The summed E-state index contributed by atoms with van der Waals surface area (Å²) in [6.07, 6.45) is 1.42. The van der Waals surface area contributed by atoms with Gasteiger partial charge in [-0.2, -0.15) is 0 Å². The second kappa shape index (κ2) is 9.23. The molecule has 0 atom stereocenters. The number of hydrogen-bond donors (Lipinski definition) is 4. The Bertz CT molecular complexity index is 1020. The molecule has 0 radical (unpaired) electrons. The molecule has 0 bridgehead atoms. The summed E-state index contributed by atoms with van der Waals surface area (Å²) in [6, 6.07) is 17.1. The highest BCUT2D eigenvalue weighted by molar-refractivity contribution is 6.03. The zero-order chi connectivity index (χ0) is 20.6. The van der Waals surface area contributed by atoms with Gasteiger partial charge in [-0.1, -0.05) is 12.1 Å². The standard InChI is InChI=1S/C21H20N4O4/c1-14(26)23-16-6-2-5-15(11-16)22-13-20(27)24-17-7-3-8-18(12-17)25-21(28)19-9-4-10-29-19/h2-12,22H,13H2,1H3,(H,23,26)(H,24,27)(H,25,28). The first kappa shape index (κ1) is 19.7. The number of furan rings is 1. The molecule has 8 heteroatoms. The highest BCUT2D eigenvalue weighted by Gasteiger charge is 2.09. The Balaban J connectivity index is 1.54. The number of hydrogen-bond acceptors (Lipinski definition) is 5. The van der Waals surface area contributed by atoms with E-state index in [1.54, 1.807) is 60.7 Å². The van der Waals surface area contributed by atoms with Gasteiger partial charge in [0.05, 0.1) is 12.8 Å². The number of carbonyl (C=O) groups is 3. The molecule has 0 saturated heterocycles. The van der Waals surface area contributed by atoms with E-state index in [-0.39, 0.29) is 30.0 Å². The van der Waals surface area contributed by atoms with Crippen molar-refractivity contribution in [2.75, 3.05) is 27.8 Å². The van der Waals surface area contributed by atoms with Gasteiger partial charge in [-0.15, -0.1) is 0 Å². The molecular formula is C21H20N4O4. The van der Waals surface area contributed by atoms with Gasteiger partial charge in [0.2, 0.25) is 11.8 Å². The van der Waals surface area contributed by atoms with Crippen LogP contribution in [0.1, 0.15) is 17.5 Å². The largest absolute Gasteiger partial charge is 0.459 e. The molecule has 3 amide bonds. The molecule has 0 aliphatic heterocycles. The van der Waals surface area contributed by atoms with E-state index >= 15 is 0 Å². The van der Waals surface area contributed by atoms with E-state index in [1.807, 2.05) is 0 Å². The molecule has 0 fully saturated rings. The van der Waals surface area contributed by atoms with Gasteiger partial charge in [0, 0.05) is 29.7 Å². The van der Waals surface area contributed by atoms with Crippen molar-refractivity contribution >= 4 is 40.5 Å².